The summed E-state index contributed by atoms with van der Waals surface area (Å²) < 4.78 is 51.7. The zero-order chi connectivity index (χ0) is 15.7. The van der Waals surface area contributed by atoms with Gasteiger partial charge in [-0.3, -0.25) is 4.68 Å². The smallest absolute Gasteiger partial charge is 0.256 e. The molecule has 120 valence electrons. The molecule has 21 heavy (non-hydrogen) atoms. The highest BCUT2D eigenvalue weighted by molar-refractivity contribution is 7.89. The molecule has 0 aromatic carbocycles. The SMILES string of the molecule is Cn1nccc1S(=O)(=O)N1CCCC(CNS(N)(=O)=O)C1. The largest absolute Gasteiger partial charge is 0.274 e. The molecule has 2 heterocycles. The van der Waals surface area contributed by atoms with E-state index in [9.17, 15) is 16.8 Å². The quantitative estimate of drug-likeness (QED) is 0.684. The number of rotatable bonds is 5. The summed E-state index contributed by atoms with van der Waals surface area (Å²) in [6.45, 7) is 0.811. The molecular weight excluding hydrogens is 318 g/mol. The summed E-state index contributed by atoms with van der Waals surface area (Å²) in [6, 6.07) is 1.45. The van der Waals surface area contributed by atoms with E-state index in [1.54, 1.807) is 7.05 Å². The molecule has 1 aromatic rings. The number of hydrogen-bond donors (Lipinski definition) is 2. The van der Waals surface area contributed by atoms with Crippen LogP contribution in [0.2, 0.25) is 0 Å². The lowest BCUT2D eigenvalue weighted by atomic mass is 10.0. The van der Waals surface area contributed by atoms with Gasteiger partial charge in [-0.05, 0) is 24.8 Å². The van der Waals surface area contributed by atoms with Crippen molar-refractivity contribution in [3.05, 3.63) is 12.3 Å². The Balaban J connectivity index is 2.09. The molecule has 0 radical (unpaired) electrons. The lowest BCUT2D eigenvalue weighted by Gasteiger charge is -2.31. The van der Waals surface area contributed by atoms with Gasteiger partial charge in [0.1, 0.15) is 0 Å². The predicted molar refractivity (Wildman–Crippen MR) is 75.8 cm³/mol. The fraction of sp³-hybridized carbons (Fsp3) is 0.700. The van der Waals surface area contributed by atoms with Gasteiger partial charge in [0, 0.05) is 26.7 Å². The van der Waals surface area contributed by atoms with Gasteiger partial charge in [0.2, 0.25) is 0 Å². The first-order valence-electron chi connectivity index (χ1n) is 6.45. The summed E-state index contributed by atoms with van der Waals surface area (Å²) in [4.78, 5) is 0. The second-order valence-corrected chi connectivity index (χ2v) is 8.32. The van der Waals surface area contributed by atoms with Crippen LogP contribution in [-0.2, 0) is 27.3 Å². The van der Waals surface area contributed by atoms with Gasteiger partial charge in [-0.1, -0.05) is 0 Å². The summed E-state index contributed by atoms with van der Waals surface area (Å²) in [5.41, 5.74) is 0. The van der Waals surface area contributed by atoms with Crippen molar-refractivity contribution in [2.45, 2.75) is 17.9 Å². The third-order valence-electron chi connectivity index (χ3n) is 3.44. The number of nitrogens with two attached hydrogens (primary N) is 1. The Morgan fingerprint density at radius 1 is 1.43 bits per heavy atom. The van der Waals surface area contributed by atoms with E-state index in [1.165, 1.54) is 21.3 Å². The Bertz CT molecular complexity index is 697. The van der Waals surface area contributed by atoms with Crippen molar-refractivity contribution in [2.75, 3.05) is 19.6 Å². The summed E-state index contributed by atoms with van der Waals surface area (Å²) in [6.07, 6.45) is 2.85. The molecule has 2 rings (SSSR count). The van der Waals surface area contributed by atoms with E-state index in [1.807, 2.05) is 0 Å². The van der Waals surface area contributed by atoms with Gasteiger partial charge in [-0.25, -0.2) is 18.3 Å². The van der Waals surface area contributed by atoms with Gasteiger partial charge in [-0.15, -0.1) is 0 Å². The van der Waals surface area contributed by atoms with Gasteiger partial charge in [0.25, 0.3) is 20.2 Å². The van der Waals surface area contributed by atoms with Crippen molar-refractivity contribution in [1.29, 1.82) is 0 Å². The van der Waals surface area contributed by atoms with Gasteiger partial charge < -0.3 is 0 Å². The number of nitrogens with zero attached hydrogens (tertiary/aromatic N) is 3. The fourth-order valence-corrected chi connectivity index (χ4v) is 4.52. The van der Waals surface area contributed by atoms with Crippen LogP contribution in [-0.4, -0.2) is 50.6 Å². The summed E-state index contributed by atoms with van der Waals surface area (Å²) in [5, 5.41) is 8.88. The zero-order valence-corrected chi connectivity index (χ0v) is 13.3. The highest BCUT2D eigenvalue weighted by Gasteiger charge is 2.32. The molecule has 0 saturated carbocycles. The second-order valence-electron chi connectivity index (χ2n) is 5.06. The highest BCUT2D eigenvalue weighted by Crippen LogP contribution is 2.23. The molecule has 1 atom stereocenters. The lowest BCUT2D eigenvalue weighted by molar-refractivity contribution is 0.266. The number of nitrogens with one attached hydrogen (secondary N) is 1. The zero-order valence-electron chi connectivity index (χ0n) is 11.6. The van der Waals surface area contributed by atoms with E-state index < -0.39 is 20.2 Å². The minimum atomic E-state index is -3.76. The maximum Gasteiger partial charge on any atom is 0.274 e. The predicted octanol–water partition coefficient (Wildman–Crippen LogP) is -1.39. The number of piperidine rings is 1. The number of aromatic nitrogens is 2. The Morgan fingerprint density at radius 3 is 2.71 bits per heavy atom. The summed E-state index contributed by atoms with van der Waals surface area (Å²) >= 11 is 0. The Labute approximate surface area is 124 Å². The van der Waals surface area contributed by atoms with E-state index in [0.29, 0.717) is 13.0 Å². The van der Waals surface area contributed by atoms with Crippen molar-refractivity contribution in [1.82, 2.24) is 18.8 Å². The molecule has 1 aliphatic heterocycles. The van der Waals surface area contributed by atoms with Crippen LogP contribution in [0.4, 0.5) is 0 Å². The first-order valence-corrected chi connectivity index (χ1v) is 9.44. The third kappa shape index (κ3) is 4.01. The van der Waals surface area contributed by atoms with Crippen LogP contribution in [0.1, 0.15) is 12.8 Å². The van der Waals surface area contributed by atoms with Crippen LogP contribution in [0.3, 0.4) is 0 Å². The molecule has 1 saturated heterocycles. The molecule has 0 bridgehead atoms. The van der Waals surface area contributed by atoms with Gasteiger partial charge in [-0.2, -0.15) is 17.8 Å². The average Bonchev–Trinajstić information content (AvgIpc) is 2.83. The van der Waals surface area contributed by atoms with Crippen molar-refractivity contribution in [3.8, 4) is 0 Å². The fourth-order valence-electron chi connectivity index (χ4n) is 2.39. The Hall–Kier alpha value is -1.01. The van der Waals surface area contributed by atoms with Crippen LogP contribution in [0, 0.1) is 5.92 Å². The van der Waals surface area contributed by atoms with E-state index >= 15 is 0 Å². The van der Waals surface area contributed by atoms with E-state index in [2.05, 4.69) is 9.82 Å². The van der Waals surface area contributed by atoms with Crippen LogP contribution >= 0.6 is 0 Å². The second kappa shape index (κ2) is 6.01. The molecule has 0 spiro atoms. The average molecular weight is 337 g/mol. The number of sulfonamides is 1. The third-order valence-corrected chi connectivity index (χ3v) is 5.94. The molecule has 1 aromatic heterocycles. The van der Waals surface area contributed by atoms with Crippen molar-refractivity contribution in [2.24, 2.45) is 18.1 Å². The maximum absolute atomic E-state index is 12.5. The van der Waals surface area contributed by atoms with Gasteiger partial charge in [0.05, 0.1) is 6.20 Å². The standard InChI is InChI=1S/C10H19N5O4S2/c1-14-10(4-5-12-14)20(16,17)15-6-2-3-9(8-15)7-13-21(11,18)19/h4-5,9,13H,2-3,6-8H2,1H3,(H2,11,18,19). The van der Waals surface area contributed by atoms with Crippen molar-refractivity contribution >= 4 is 20.2 Å². The van der Waals surface area contributed by atoms with E-state index in [0.717, 1.165) is 6.42 Å². The Morgan fingerprint density at radius 2 is 2.14 bits per heavy atom. The van der Waals surface area contributed by atoms with Gasteiger partial charge >= 0.3 is 0 Å². The van der Waals surface area contributed by atoms with Crippen LogP contribution in [0.5, 0.6) is 0 Å². The minimum absolute atomic E-state index is 0.0972. The number of aryl methyl sites for hydroxylation is 1. The molecule has 9 nitrogen and oxygen atoms in total. The van der Waals surface area contributed by atoms with Crippen LogP contribution < -0.4 is 9.86 Å². The normalized spacial score (nSPS) is 21.5. The summed E-state index contributed by atoms with van der Waals surface area (Å²) in [7, 11) is -5.80. The molecule has 11 heteroatoms. The summed E-state index contributed by atoms with van der Waals surface area (Å²) in [5.74, 6) is -0.0972. The molecule has 1 fully saturated rings. The van der Waals surface area contributed by atoms with Crippen molar-refractivity contribution < 1.29 is 16.8 Å². The maximum atomic E-state index is 12.5. The van der Waals surface area contributed by atoms with E-state index in [-0.39, 0.29) is 24.0 Å². The molecular formula is C10H19N5O4S2. The van der Waals surface area contributed by atoms with Gasteiger partial charge in [0.15, 0.2) is 5.03 Å². The molecule has 3 N–H and O–H groups in total. The minimum Gasteiger partial charge on any atom is -0.256 e. The molecule has 0 amide bonds. The monoisotopic (exact) mass is 337 g/mol. The topological polar surface area (TPSA) is 127 Å². The van der Waals surface area contributed by atoms with Crippen molar-refractivity contribution in [3.63, 3.8) is 0 Å². The number of hydrogen-bond acceptors (Lipinski definition) is 5. The highest BCUT2D eigenvalue weighted by atomic mass is 32.2. The molecule has 1 unspecified atom stereocenters. The first-order chi connectivity index (χ1) is 9.70. The lowest BCUT2D eigenvalue weighted by Crippen LogP contribution is -2.44. The first kappa shape index (κ1) is 16.4. The van der Waals surface area contributed by atoms with Crippen LogP contribution in [0.25, 0.3) is 0 Å². The molecule has 0 aliphatic carbocycles. The van der Waals surface area contributed by atoms with Crippen LogP contribution in [0.15, 0.2) is 17.3 Å². The Kier molecular flexibility index (Phi) is 4.68. The molecule has 1 aliphatic rings. The van der Waals surface area contributed by atoms with E-state index in [4.69, 9.17) is 5.14 Å².